The molecule has 1 unspecified atom stereocenters. The fourth-order valence-electron chi connectivity index (χ4n) is 0.804. The molecule has 0 rings (SSSR count). The molecule has 0 amide bonds. The van der Waals surface area contributed by atoms with Crippen LogP contribution in [-0.4, -0.2) is 37.1 Å². The van der Waals surface area contributed by atoms with E-state index in [0.29, 0.717) is 0 Å². The molecule has 0 saturated carbocycles. The second-order valence-electron chi connectivity index (χ2n) is 4.57. The average molecular weight is 297 g/mol. The maximum atomic E-state index is 11.5. The number of esters is 1. The highest BCUT2D eigenvalue weighted by atomic mass is 32.2. The Hall–Kier alpha value is -0.960. The summed E-state index contributed by atoms with van der Waals surface area (Å²) in [5, 5.41) is 9.29. The van der Waals surface area contributed by atoms with Gasteiger partial charge in [0.05, 0.1) is 11.4 Å². The normalized spacial score (nSPS) is 13.9. The Labute approximate surface area is 114 Å². The Morgan fingerprint density at radius 2 is 1.89 bits per heavy atom. The van der Waals surface area contributed by atoms with Crippen molar-refractivity contribution in [3.8, 4) is 0 Å². The van der Waals surface area contributed by atoms with E-state index in [4.69, 9.17) is 4.18 Å². The Morgan fingerprint density at radius 3 is 2.32 bits per heavy atom. The van der Waals surface area contributed by atoms with Gasteiger partial charge >= 0.3 is 5.97 Å². The minimum Gasteiger partial charge on any atom is -0.433 e. The van der Waals surface area contributed by atoms with E-state index in [1.807, 2.05) is 0 Å². The smallest absolute Gasteiger partial charge is 0.332 e. The van der Waals surface area contributed by atoms with E-state index in [0.717, 1.165) is 6.08 Å². The maximum absolute atomic E-state index is 11.5. The molecule has 0 spiro atoms. The van der Waals surface area contributed by atoms with Gasteiger partial charge in [0.2, 0.25) is 6.29 Å². The van der Waals surface area contributed by atoms with E-state index in [1.54, 1.807) is 6.92 Å². The zero-order valence-corrected chi connectivity index (χ0v) is 12.6. The van der Waals surface area contributed by atoms with Gasteiger partial charge in [0.1, 0.15) is 0 Å². The van der Waals surface area contributed by atoms with Crippen molar-refractivity contribution in [1.82, 2.24) is 6.15 Å². The molecule has 114 valence electrons. The minimum atomic E-state index is -3.70. The third-order valence-electron chi connectivity index (χ3n) is 1.91. The molecule has 0 aromatic heterocycles. The van der Waals surface area contributed by atoms with E-state index in [9.17, 15) is 18.3 Å². The molecule has 0 radical (unpaired) electrons. The lowest BCUT2D eigenvalue weighted by Crippen LogP contribution is -2.31. The number of aliphatic hydroxyl groups excluding tert-OH is 1. The van der Waals surface area contributed by atoms with Crippen molar-refractivity contribution in [2.45, 2.75) is 45.2 Å². The molecule has 0 aromatic carbocycles. The van der Waals surface area contributed by atoms with Crippen LogP contribution in [0.1, 0.15) is 34.1 Å². The third kappa shape index (κ3) is 7.93. The molecule has 0 aliphatic carbocycles. The summed E-state index contributed by atoms with van der Waals surface area (Å²) in [6.07, 6.45) is 1.12. The molecule has 0 bridgehead atoms. The lowest BCUT2D eigenvalue weighted by molar-refractivity contribution is -0.163. The highest BCUT2D eigenvalue weighted by Gasteiger charge is 2.30. The topological polar surface area (TPSA) is 125 Å². The standard InChI is InChI=1S/C11H20O6S.H3N/c1-5-6-9(12)17-10(13)7-8-16-18(14,15)11(2,3)4;/h5-6,10,13H,7-8H2,1-4H3;1H3. The Kier molecular flexibility index (Phi) is 8.85. The van der Waals surface area contributed by atoms with Crippen molar-refractivity contribution < 1.29 is 27.2 Å². The highest BCUT2D eigenvalue weighted by molar-refractivity contribution is 7.88. The Morgan fingerprint density at radius 1 is 1.37 bits per heavy atom. The van der Waals surface area contributed by atoms with Crippen molar-refractivity contribution in [2.75, 3.05) is 6.61 Å². The van der Waals surface area contributed by atoms with Crippen LogP contribution < -0.4 is 6.15 Å². The summed E-state index contributed by atoms with van der Waals surface area (Å²) in [6, 6.07) is 0. The van der Waals surface area contributed by atoms with Gasteiger partial charge in [-0.1, -0.05) is 6.08 Å². The molecule has 0 fully saturated rings. The molecular weight excluding hydrogens is 274 g/mol. The number of hydrogen-bond donors (Lipinski definition) is 2. The zero-order chi connectivity index (χ0) is 14.4. The minimum absolute atomic E-state index is 0. The molecule has 0 aliphatic heterocycles. The van der Waals surface area contributed by atoms with Gasteiger partial charge in [-0.15, -0.1) is 0 Å². The van der Waals surface area contributed by atoms with E-state index >= 15 is 0 Å². The molecule has 19 heavy (non-hydrogen) atoms. The first-order valence-electron chi connectivity index (χ1n) is 5.50. The van der Waals surface area contributed by atoms with Gasteiger partial charge in [0.15, 0.2) is 0 Å². The zero-order valence-electron chi connectivity index (χ0n) is 11.8. The van der Waals surface area contributed by atoms with E-state index in [2.05, 4.69) is 4.74 Å². The van der Waals surface area contributed by atoms with E-state index in [1.165, 1.54) is 26.8 Å². The summed E-state index contributed by atoms with van der Waals surface area (Å²) < 4.78 is 31.3. The van der Waals surface area contributed by atoms with Crippen LogP contribution in [0.3, 0.4) is 0 Å². The number of carbonyl (C=O) groups excluding carboxylic acids is 1. The fraction of sp³-hybridized carbons (Fsp3) is 0.727. The SMILES string of the molecule is CC=CC(=O)OC(O)CCOS(=O)(=O)C(C)(C)C.N. The number of rotatable bonds is 6. The van der Waals surface area contributed by atoms with Gasteiger partial charge in [-0.05, 0) is 27.7 Å². The highest BCUT2D eigenvalue weighted by Crippen LogP contribution is 2.17. The number of aliphatic hydroxyl groups is 1. The van der Waals surface area contributed by atoms with Crippen LogP contribution >= 0.6 is 0 Å². The van der Waals surface area contributed by atoms with Gasteiger partial charge in [0, 0.05) is 12.5 Å². The summed E-state index contributed by atoms with van der Waals surface area (Å²) in [7, 11) is -3.70. The van der Waals surface area contributed by atoms with Crippen LogP contribution in [0.2, 0.25) is 0 Å². The van der Waals surface area contributed by atoms with E-state index in [-0.39, 0.29) is 19.2 Å². The number of carbonyl (C=O) groups is 1. The van der Waals surface area contributed by atoms with Crippen LogP contribution in [0, 0.1) is 0 Å². The van der Waals surface area contributed by atoms with Gasteiger partial charge < -0.3 is 16.0 Å². The number of allylic oxidation sites excluding steroid dienone is 1. The van der Waals surface area contributed by atoms with Crippen molar-refractivity contribution >= 4 is 16.1 Å². The largest absolute Gasteiger partial charge is 0.433 e. The van der Waals surface area contributed by atoms with Gasteiger partial charge in [0.25, 0.3) is 10.1 Å². The van der Waals surface area contributed by atoms with Crippen LogP contribution in [0.25, 0.3) is 0 Å². The van der Waals surface area contributed by atoms with Gasteiger partial charge in [-0.3, -0.25) is 4.18 Å². The first-order chi connectivity index (χ1) is 8.10. The fourth-order valence-corrected chi connectivity index (χ4v) is 1.47. The van der Waals surface area contributed by atoms with Crippen molar-refractivity contribution in [3.05, 3.63) is 12.2 Å². The van der Waals surface area contributed by atoms with Crippen LogP contribution in [-0.2, 0) is 23.8 Å². The lowest BCUT2D eigenvalue weighted by atomic mass is 10.3. The maximum Gasteiger partial charge on any atom is 0.332 e. The quantitative estimate of drug-likeness (QED) is 0.325. The third-order valence-corrected chi connectivity index (χ3v) is 3.89. The first-order valence-corrected chi connectivity index (χ1v) is 6.91. The molecule has 7 nitrogen and oxygen atoms in total. The molecular formula is C11H23NO6S. The van der Waals surface area contributed by atoms with Crippen LogP contribution in [0.4, 0.5) is 0 Å². The van der Waals surface area contributed by atoms with Gasteiger partial charge in [-0.2, -0.15) is 8.42 Å². The molecule has 0 saturated heterocycles. The van der Waals surface area contributed by atoms with E-state index < -0.39 is 27.1 Å². The second kappa shape index (κ2) is 8.26. The molecule has 1 atom stereocenters. The molecule has 0 aliphatic rings. The lowest BCUT2D eigenvalue weighted by Gasteiger charge is -2.19. The second-order valence-corrected chi connectivity index (χ2v) is 6.94. The molecule has 0 heterocycles. The summed E-state index contributed by atoms with van der Waals surface area (Å²) in [6.45, 7) is 5.90. The summed E-state index contributed by atoms with van der Waals surface area (Å²) >= 11 is 0. The predicted molar refractivity (Wildman–Crippen MR) is 71.2 cm³/mol. The molecule has 0 aromatic rings. The average Bonchev–Trinajstić information content (AvgIpc) is 2.15. The van der Waals surface area contributed by atoms with Crippen molar-refractivity contribution in [2.24, 2.45) is 0 Å². The van der Waals surface area contributed by atoms with Crippen molar-refractivity contribution in [3.63, 3.8) is 0 Å². The monoisotopic (exact) mass is 297 g/mol. The molecule has 4 N–H and O–H groups in total. The first kappa shape index (κ1) is 20.4. The van der Waals surface area contributed by atoms with Crippen molar-refractivity contribution in [1.29, 1.82) is 0 Å². The molecule has 8 heteroatoms. The summed E-state index contributed by atoms with van der Waals surface area (Å²) in [5.74, 6) is -0.691. The number of ether oxygens (including phenoxy) is 1. The Bertz CT molecular complexity index is 396. The van der Waals surface area contributed by atoms with Crippen LogP contribution in [0.5, 0.6) is 0 Å². The Balaban J connectivity index is 0. The summed E-state index contributed by atoms with van der Waals surface area (Å²) in [5.41, 5.74) is 0. The van der Waals surface area contributed by atoms with Crippen LogP contribution in [0.15, 0.2) is 12.2 Å². The van der Waals surface area contributed by atoms with Gasteiger partial charge in [-0.25, -0.2) is 4.79 Å². The summed E-state index contributed by atoms with van der Waals surface area (Å²) in [4.78, 5) is 10.9. The number of hydrogen-bond acceptors (Lipinski definition) is 7. The predicted octanol–water partition coefficient (Wildman–Crippen LogP) is 1.12.